The lowest BCUT2D eigenvalue weighted by Crippen LogP contribution is -2.44. The molecule has 0 saturated carbocycles. The molecule has 1 aromatic carbocycles. The van der Waals surface area contributed by atoms with Gasteiger partial charge in [0.05, 0.1) is 12.3 Å². The normalized spacial score (nSPS) is 14.7. The van der Waals surface area contributed by atoms with E-state index in [1.165, 1.54) is 17.5 Å². The van der Waals surface area contributed by atoms with E-state index in [2.05, 4.69) is 39.3 Å². The van der Waals surface area contributed by atoms with Crippen LogP contribution in [0.4, 0.5) is 16.8 Å². The van der Waals surface area contributed by atoms with Crippen LogP contribution in [0.15, 0.2) is 36.5 Å². The number of hydrogen-bond acceptors (Lipinski definition) is 10. The first-order chi connectivity index (χ1) is 17.0. The number of anilines is 3. The summed E-state index contributed by atoms with van der Waals surface area (Å²) in [7, 11) is 2.11. The van der Waals surface area contributed by atoms with Gasteiger partial charge in [-0.2, -0.15) is 10.5 Å². The second-order valence-electron chi connectivity index (χ2n) is 8.41. The summed E-state index contributed by atoms with van der Waals surface area (Å²) in [6.45, 7) is 5.49. The topological polar surface area (TPSA) is 122 Å². The van der Waals surface area contributed by atoms with E-state index in [4.69, 9.17) is 15.2 Å². The summed E-state index contributed by atoms with van der Waals surface area (Å²) in [5.41, 5.74) is 1.50. The van der Waals surface area contributed by atoms with Gasteiger partial charge in [-0.25, -0.2) is 15.0 Å². The Morgan fingerprint density at radius 1 is 1.17 bits per heavy atom. The molecular formula is C25H26N8OS. The predicted octanol–water partition coefficient (Wildman–Crippen LogP) is 3.62. The largest absolute Gasteiger partial charge is 0.354 e. The highest BCUT2D eigenvalue weighted by molar-refractivity contribution is 7.16. The van der Waals surface area contributed by atoms with Crippen LogP contribution < -0.4 is 10.2 Å². The smallest absolute Gasteiger partial charge is 0.189 e. The number of ketones is 1. The van der Waals surface area contributed by atoms with Crippen molar-refractivity contribution >= 4 is 33.9 Å². The Morgan fingerprint density at radius 2 is 1.91 bits per heavy atom. The molecule has 1 atom stereocenters. The van der Waals surface area contributed by atoms with Crippen molar-refractivity contribution in [2.45, 2.75) is 19.8 Å². The first-order valence-electron chi connectivity index (χ1n) is 11.5. The first kappa shape index (κ1) is 24.3. The minimum absolute atomic E-state index is 0.151. The van der Waals surface area contributed by atoms with E-state index < -0.39 is 5.92 Å². The summed E-state index contributed by atoms with van der Waals surface area (Å²) in [6.07, 6.45) is 2.52. The lowest BCUT2D eigenvalue weighted by atomic mass is 9.95. The Balaban J connectivity index is 1.58. The molecule has 3 heterocycles. The van der Waals surface area contributed by atoms with E-state index in [0.29, 0.717) is 40.1 Å². The van der Waals surface area contributed by atoms with Gasteiger partial charge >= 0.3 is 0 Å². The number of nitriles is 2. The minimum Gasteiger partial charge on any atom is -0.354 e. The molecule has 1 saturated heterocycles. The van der Waals surface area contributed by atoms with Crippen LogP contribution in [-0.2, 0) is 6.42 Å². The third kappa shape index (κ3) is 5.99. The number of carbonyl (C=O) groups excluding carboxylic acids is 1. The summed E-state index contributed by atoms with van der Waals surface area (Å²) >= 11 is 1.27. The van der Waals surface area contributed by atoms with Gasteiger partial charge in [-0.05, 0) is 19.0 Å². The van der Waals surface area contributed by atoms with Crippen LogP contribution in [0.25, 0.3) is 0 Å². The number of Topliss-reactive ketones (excluding diaryl/α,β-unsaturated/α-hetero) is 1. The van der Waals surface area contributed by atoms with E-state index in [9.17, 15) is 10.1 Å². The highest BCUT2D eigenvalue weighted by Gasteiger charge is 2.19. The summed E-state index contributed by atoms with van der Waals surface area (Å²) in [4.78, 5) is 31.3. The van der Waals surface area contributed by atoms with Crippen molar-refractivity contribution in [3.63, 3.8) is 0 Å². The van der Waals surface area contributed by atoms with E-state index in [1.54, 1.807) is 12.1 Å². The average Bonchev–Trinajstić information content (AvgIpc) is 3.33. The van der Waals surface area contributed by atoms with Gasteiger partial charge in [0, 0.05) is 44.2 Å². The number of likely N-dealkylation sites (N-methyl/N-ethyl adjacent to an activating group) is 1. The summed E-state index contributed by atoms with van der Waals surface area (Å²) < 4.78 is 0. The van der Waals surface area contributed by atoms with Crippen molar-refractivity contribution in [3.05, 3.63) is 58.4 Å². The number of piperazine rings is 1. The number of nitrogens with zero attached hydrogens (tertiary/aromatic N) is 7. The molecular weight excluding hydrogens is 460 g/mol. The Hall–Kier alpha value is -3.86. The van der Waals surface area contributed by atoms with E-state index in [1.807, 2.05) is 25.1 Å². The minimum atomic E-state index is -0.620. The maximum atomic E-state index is 12.5. The van der Waals surface area contributed by atoms with Gasteiger partial charge < -0.3 is 15.1 Å². The molecule has 3 aromatic rings. The fourth-order valence-electron chi connectivity index (χ4n) is 3.82. The molecule has 1 N–H and O–H groups in total. The number of thiazole rings is 1. The van der Waals surface area contributed by atoms with Crippen molar-refractivity contribution in [2.75, 3.05) is 43.4 Å². The van der Waals surface area contributed by atoms with E-state index >= 15 is 0 Å². The molecule has 1 fully saturated rings. The molecule has 178 valence electrons. The monoisotopic (exact) mass is 486 g/mol. The maximum Gasteiger partial charge on any atom is 0.189 e. The second-order valence-corrected chi connectivity index (χ2v) is 9.44. The van der Waals surface area contributed by atoms with Crippen LogP contribution in [0.3, 0.4) is 0 Å². The molecule has 0 spiro atoms. The van der Waals surface area contributed by atoms with Crippen LogP contribution in [0, 0.1) is 28.6 Å². The highest BCUT2D eigenvalue weighted by Crippen LogP contribution is 2.25. The Bertz CT molecular complexity index is 1270. The van der Waals surface area contributed by atoms with Crippen molar-refractivity contribution in [1.29, 1.82) is 10.5 Å². The van der Waals surface area contributed by atoms with Crippen molar-refractivity contribution in [3.8, 4) is 12.1 Å². The lowest BCUT2D eigenvalue weighted by molar-refractivity contribution is 0.0946. The van der Waals surface area contributed by atoms with Crippen LogP contribution in [0.5, 0.6) is 0 Å². The molecule has 4 rings (SSSR count). The third-order valence-electron chi connectivity index (χ3n) is 5.92. The highest BCUT2D eigenvalue weighted by atomic mass is 32.1. The number of carbonyl (C=O) groups is 1. The van der Waals surface area contributed by atoms with Gasteiger partial charge in [0.1, 0.15) is 34.3 Å². The molecule has 1 aliphatic rings. The molecule has 1 unspecified atom stereocenters. The molecule has 35 heavy (non-hydrogen) atoms. The van der Waals surface area contributed by atoms with Gasteiger partial charge in [0.25, 0.3) is 0 Å². The molecule has 10 heteroatoms. The molecule has 9 nitrogen and oxygen atoms in total. The number of aromatic nitrogens is 3. The van der Waals surface area contributed by atoms with Crippen molar-refractivity contribution in [2.24, 2.45) is 5.92 Å². The molecule has 0 bridgehead atoms. The summed E-state index contributed by atoms with van der Waals surface area (Å²) in [6, 6.07) is 13.4. The van der Waals surface area contributed by atoms with E-state index in [-0.39, 0.29) is 5.78 Å². The fourth-order valence-corrected chi connectivity index (χ4v) is 4.44. The van der Waals surface area contributed by atoms with Crippen molar-refractivity contribution < 1.29 is 4.79 Å². The zero-order valence-electron chi connectivity index (χ0n) is 19.7. The number of nitrogens with one attached hydrogen (secondary N) is 1. The van der Waals surface area contributed by atoms with Crippen LogP contribution in [0.2, 0.25) is 0 Å². The molecule has 0 aliphatic carbocycles. The van der Waals surface area contributed by atoms with Crippen LogP contribution in [0.1, 0.15) is 40.0 Å². The molecule has 0 radical (unpaired) electrons. The predicted molar refractivity (Wildman–Crippen MR) is 135 cm³/mol. The number of rotatable bonds is 8. The van der Waals surface area contributed by atoms with Gasteiger partial charge in [-0.15, -0.1) is 0 Å². The maximum absolute atomic E-state index is 12.5. The summed E-state index contributed by atoms with van der Waals surface area (Å²) in [5.74, 6) is 1.33. The lowest BCUT2D eigenvalue weighted by Gasteiger charge is -2.33. The molecule has 0 amide bonds. The Kier molecular flexibility index (Phi) is 7.66. The standard InChI is InChI=1S/C25H26N8OS/c1-3-18(14-26)24(34)19-6-4-17(5-7-19)12-21-29-22(31-25-28-16-20(15-27)35-25)13-23(30-21)33-10-8-32(2)9-11-33/h4-7,13,16,18H,3,8-12H2,1-2H3,(H,28,29,30,31). The van der Waals surface area contributed by atoms with E-state index in [0.717, 1.165) is 37.6 Å². The van der Waals surface area contributed by atoms with Crippen LogP contribution in [-0.4, -0.2) is 58.9 Å². The van der Waals surface area contributed by atoms with Gasteiger partial charge in [0.2, 0.25) is 0 Å². The zero-order chi connectivity index (χ0) is 24.8. The van der Waals surface area contributed by atoms with Gasteiger partial charge in [-0.1, -0.05) is 42.5 Å². The second kappa shape index (κ2) is 11.0. The Morgan fingerprint density at radius 3 is 2.54 bits per heavy atom. The van der Waals surface area contributed by atoms with Crippen LogP contribution >= 0.6 is 11.3 Å². The fraction of sp³-hybridized carbons (Fsp3) is 0.360. The third-order valence-corrected chi connectivity index (χ3v) is 6.74. The van der Waals surface area contributed by atoms with Crippen molar-refractivity contribution in [1.82, 2.24) is 19.9 Å². The first-order valence-corrected chi connectivity index (χ1v) is 12.3. The molecule has 1 aliphatic heterocycles. The summed E-state index contributed by atoms with van der Waals surface area (Å²) in [5, 5.41) is 22.1. The molecule has 2 aromatic heterocycles. The number of hydrogen-bond donors (Lipinski definition) is 1. The quantitative estimate of drug-likeness (QED) is 0.476. The SMILES string of the molecule is CCC(C#N)C(=O)c1ccc(Cc2nc(Nc3ncc(C#N)s3)cc(N3CCN(C)CC3)n2)cc1. The van der Waals surface area contributed by atoms with Gasteiger partial charge in [-0.3, -0.25) is 4.79 Å². The average molecular weight is 487 g/mol. The van der Waals surface area contributed by atoms with Gasteiger partial charge in [0.15, 0.2) is 10.9 Å². The zero-order valence-corrected chi connectivity index (χ0v) is 20.5. The number of benzene rings is 1. The Labute approximate surface area is 208 Å².